The maximum absolute atomic E-state index is 13.7. The van der Waals surface area contributed by atoms with Gasteiger partial charge in [0.05, 0.1) is 38.7 Å². The van der Waals surface area contributed by atoms with E-state index < -0.39 is 0 Å². The number of nitrogens with zero attached hydrogens (tertiary/aromatic N) is 1. The van der Waals surface area contributed by atoms with Crippen LogP contribution in [0, 0.1) is 5.82 Å². The SMILES string of the molecule is O=C1c2ccccc2C(=O)c2c1ccc1c2N=C(c2ccc(F)cc2)CC(c2ccc(Cl)c(Cl)c2)N1. The molecule has 0 spiro atoms. The van der Waals surface area contributed by atoms with Crippen LogP contribution in [0.1, 0.15) is 55.4 Å². The number of rotatable bonds is 2. The number of halogens is 3. The van der Waals surface area contributed by atoms with Crippen LogP contribution in [0.5, 0.6) is 0 Å². The number of nitrogens with one attached hydrogen (secondary N) is 1. The Morgan fingerprint density at radius 1 is 0.806 bits per heavy atom. The van der Waals surface area contributed by atoms with Gasteiger partial charge in [-0.05, 0) is 47.5 Å². The number of anilines is 1. The van der Waals surface area contributed by atoms with E-state index in [0.717, 1.165) is 5.56 Å². The molecular weight excluding hydrogens is 498 g/mol. The van der Waals surface area contributed by atoms with Crippen LogP contribution in [0.4, 0.5) is 15.8 Å². The summed E-state index contributed by atoms with van der Waals surface area (Å²) in [6, 6.07) is 21.4. The first kappa shape index (κ1) is 22.7. The molecule has 7 heteroatoms. The molecule has 2 aliphatic rings. The summed E-state index contributed by atoms with van der Waals surface area (Å²) in [5, 5.41) is 4.35. The number of carbonyl (C=O) groups is 2. The van der Waals surface area contributed by atoms with Gasteiger partial charge in [-0.2, -0.15) is 0 Å². The van der Waals surface area contributed by atoms with Gasteiger partial charge in [0.2, 0.25) is 0 Å². The molecule has 4 aromatic rings. The molecule has 0 radical (unpaired) electrons. The van der Waals surface area contributed by atoms with Crippen molar-refractivity contribution in [1.82, 2.24) is 0 Å². The zero-order chi connectivity index (χ0) is 25.0. The van der Waals surface area contributed by atoms with Gasteiger partial charge < -0.3 is 5.32 Å². The van der Waals surface area contributed by atoms with Crippen LogP contribution in [0.2, 0.25) is 10.0 Å². The Labute approximate surface area is 216 Å². The molecule has 1 atom stereocenters. The summed E-state index contributed by atoms with van der Waals surface area (Å²) in [4.78, 5) is 31.8. The smallest absolute Gasteiger partial charge is 0.196 e. The van der Waals surface area contributed by atoms with Gasteiger partial charge in [0.15, 0.2) is 11.6 Å². The van der Waals surface area contributed by atoms with Gasteiger partial charge in [-0.25, -0.2) is 9.38 Å². The van der Waals surface area contributed by atoms with Gasteiger partial charge in [0, 0.05) is 23.1 Å². The maximum atomic E-state index is 13.7. The first-order chi connectivity index (χ1) is 17.4. The predicted molar refractivity (Wildman–Crippen MR) is 140 cm³/mol. The molecule has 0 saturated carbocycles. The standard InChI is InChI=1S/C29H17Cl2FN2O2/c30-21-11-7-16(13-22(21)31)25-14-24(15-5-8-17(32)9-6-15)34-27-23(33-25)12-10-20-26(27)29(36)19-4-2-1-3-18(19)28(20)35/h1-13,25,33H,14H2. The third-order valence-electron chi connectivity index (χ3n) is 6.56. The summed E-state index contributed by atoms with van der Waals surface area (Å²) in [7, 11) is 0. The Morgan fingerprint density at radius 2 is 1.53 bits per heavy atom. The van der Waals surface area contributed by atoms with Crippen molar-refractivity contribution in [1.29, 1.82) is 0 Å². The van der Waals surface area contributed by atoms with Gasteiger partial charge in [-0.1, -0.05) is 65.7 Å². The van der Waals surface area contributed by atoms with Crippen LogP contribution in [0.25, 0.3) is 0 Å². The monoisotopic (exact) mass is 514 g/mol. The molecule has 4 aromatic carbocycles. The highest BCUT2D eigenvalue weighted by Crippen LogP contribution is 2.43. The van der Waals surface area contributed by atoms with Crippen molar-refractivity contribution >= 4 is 51.9 Å². The molecule has 1 heterocycles. The van der Waals surface area contributed by atoms with E-state index in [1.807, 2.05) is 6.07 Å². The molecule has 4 nitrogen and oxygen atoms in total. The van der Waals surface area contributed by atoms with Crippen molar-refractivity contribution in [2.24, 2.45) is 4.99 Å². The van der Waals surface area contributed by atoms with Crippen molar-refractivity contribution < 1.29 is 14.0 Å². The normalized spacial score (nSPS) is 16.3. The van der Waals surface area contributed by atoms with E-state index in [2.05, 4.69) is 5.32 Å². The fourth-order valence-corrected chi connectivity index (χ4v) is 5.08. The second kappa shape index (κ2) is 8.70. The Morgan fingerprint density at radius 3 is 2.25 bits per heavy atom. The van der Waals surface area contributed by atoms with E-state index >= 15 is 0 Å². The molecule has 0 bridgehead atoms. The maximum Gasteiger partial charge on any atom is 0.196 e. The molecule has 0 fully saturated rings. The number of benzene rings is 4. The van der Waals surface area contributed by atoms with Gasteiger partial charge >= 0.3 is 0 Å². The minimum atomic E-state index is -0.359. The first-order valence-electron chi connectivity index (χ1n) is 11.3. The van der Waals surface area contributed by atoms with E-state index in [1.165, 1.54) is 12.1 Å². The zero-order valence-electron chi connectivity index (χ0n) is 18.7. The second-order valence-corrected chi connectivity index (χ2v) is 9.54. The fraction of sp³-hybridized carbons (Fsp3) is 0.0690. The van der Waals surface area contributed by atoms with Gasteiger partial charge in [-0.3, -0.25) is 9.59 Å². The molecule has 1 N–H and O–H groups in total. The highest BCUT2D eigenvalue weighted by Gasteiger charge is 2.34. The van der Waals surface area contributed by atoms with E-state index in [9.17, 15) is 14.0 Å². The van der Waals surface area contributed by atoms with Crippen molar-refractivity contribution in [2.75, 3.05) is 5.32 Å². The summed E-state index contributed by atoms with van der Waals surface area (Å²) < 4.78 is 13.7. The average molecular weight is 515 g/mol. The topological polar surface area (TPSA) is 58.5 Å². The number of carbonyl (C=O) groups excluding carboxylic acids is 2. The van der Waals surface area contributed by atoms with Crippen LogP contribution in [0.15, 0.2) is 83.9 Å². The Balaban J connectivity index is 1.57. The van der Waals surface area contributed by atoms with Gasteiger partial charge in [0.25, 0.3) is 0 Å². The van der Waals surface area contributed by atoms with E-state index in [0.29, 0.717) is 55.8 Å². The van der Waals surface area contributed by atoms with Crippen molar-refractivity contribution in [3.8, 4) is 0 Å². The number of fused-ring (bicyclic) bond motifs is 4. The zero-order valence-corrected chi connectivity index (χ0v) is 20.2. The van der Waals surface area contributed by atoms with Crippen LogP contribution in [-0.2, 0) is 0 Å². The van der Waals surface area contributed by atoms with Crippen molar-refractivity contribution in [2.45, 2.75) is 12.5 Å². The second-order valence-electron chi connectivity index (χ2n) is 8.73. The van der Waals surface area contributed by atoms with Gasteiger partial charge in [-0.15, -0.1) is 0 Å². The van der Waals surface area contributed by atoms with Crippen molar-refractivity contribution in [3.05, 3.63) is 128 Å². The quantitative estimate of drug-likeness (QED) is 0.264. The summed E-state index contributed by atoms with van der Waals surface area (Å²) in [5.74, 6) is -0.830. The molecular formula is C29H17Cl2FN2O2. The third kappa shape index (κ3) is 3.72. The van der Waals surface area contributed by atoms with E-state index in [1.54, 1.807) is 60.7 Å². The number of hydrogen-bond acceptors (Lipinski definition) is 4. The predicted octanol–water partition coefficient (Wildman–Crippen LogP) is 7.59. The number of hydrogen-bond donors (Lipinski definition) is 1. The lowest BCUT2D eigenvalue weighted by Crippen LogP contribution is -2.21. The highest BCUT2D eigenvalue weighted by atomic mass is 35.5. The Hall–Kier alpha value is -3.80. The van der Waals surface area contributed by atoms with Crippen LogP contribution in [-0.4, -0.2) is 17.3 Å². The third-order valence-corrected chi connectivity index (χ3v) is 7.30. The lowest BCUT2D eigenvalue weighted by molar-refractivity contribution is 0.0979. The fourth-order valence-electron chi connectivity index (χ4n) is 4.77. The first-order valence-corrected chi connectivity index (χ1v) is 12.1. The molecule has 1 aliphatic carbocycles. The Bertz CT molecular complexity index is 1610. The van der Waals surface area contributed by atoms with Crippen LogP contribution < -0.4 is 5.32 Å². The van der Waals surface area contributed by atoms with Crippen molar-refractivity contribution in [3.63, 3.8) is 0 Å². The lowest BCUT2D eigenvalue weighted by atomic mass is 9.83. The largest absolute Gasteiger partial charge is 0.376 e. The number of aliphatic imine (C=N–C) groups is 1. The Kier molecular flexibility index (Phi) is 5.47. The molecule has 1 unspecified atom stereocenters. The summed E-state index contributed by atoms with van der Waals surface area (Å²) in [6.07, 6.45) is 0.422. The van der Waals surface area contributed by atoms with E-state index in [4.69, 9.17) is 28.2 Å². The molecule has 176 valence electrons. The number of ketones is 2. The summed E-state index contributed by atoms with van der Waals surface area (Å²) in [5.41, 5.74) is 4.54. The molecule has 36 heavy (non-hydrogen) atoms. The minimum Gasteiger partial charge on any atom is -0.376 e. The van der Waals surface area contributed by atoms with E-state index in [-0.39, 0.29) is 29.0 Å². The molecule has 0 saturated heterocycles. The lowest BCUT2D eigenvalue weighted by Gasteiger charge is -2.22. The highest BCUT2D eigenvalue weighted by molar-refractivity contribution is 6.42. The summed E-state index contributed by atoms with van der Waals surface area (Å²) >= 11 is 12.5. The van der Waals surface area contributed by atoms with Crippen LogP contribution in [0.3, 0.4) is 0 Å². The van der Waals surface area contributed by atoms with Gasteiger partial charge in [0.1, 0.15) is 5.82 Å². The average Bonchev–Trinajstić information content (AvgIpc) is 3.09. The molecule has 6 rings (SSSR count). The minimum absolute atomic E-state index is 0.216. The summed E-state index contributed by atoms with van der Waals surface area (Å²) in [6.45, 7) is 0. The molecule has 0 amide bonds. The molecule has 1 aliphatic heterocycles. The van der Waals surface area contributed by atoms with Crippen LogP contribution >= 0.6 is 23.2 Å². The molecule has 0 aromatic heterocycles.